The third-order valence-electron chi connectivity index (χ3n) is 5.89. The van der Waals surface area contributed by atoms with E-state index >= 15 is 0 Å². The Hall–Kier alpha value is -3.28. The van der Waals surface area contributed by atoms with Crippen molar-refractivity contribution in [3.8, 4) is 5.75 Å². The van der Waals surface area contributed by atoms with Gasteiger partial charge in [0.25, 0.3) is 0 Å². The number of piperazine rings is 1. The van der Waals surface area contributed by atoms with Gasteiger partial charge in [0.15, 0.2) is 0 Å². The van der Waals surface area contributed by atoms with Gasteiger partial charge in [0.1, 0.15) is 11.3 Å². The molecule has 1 fully saturated rings. The quantitative estimate of drug-likeness (QED) is 0.585. The maximum atomic E-state index is 12.8. The minimum atomic E-state index is 0.0645. The van der Waals surface area contributed by atoms with Gasteiger partial charge in [-0.2, -0.15) is 0 Å². The molecule has 0 saturated carbocycles. The fourth-order valence-electron chi connectivity index (χ4n) is 4.05. The third-order valence-corrected chi connectivity index (χ3v) is 5.89. The molecule has 0 bridgehead atoms. The van der Waals surface area contributed by atoms with Crippen LogP contribution in [0.4, 0.5) is 0 Å². The fourth-order valence-corrected chi connectivity index (χ4v) is 4.05. The van der Waals surface area contributed by atoms with Crippen molar-refractivity contribution in [2.24, 2.45) is 0 Å². The van der Waals surface area contributed by atoms with Crippen molar-refractivity contribution >= 4 is 22.8 Å². The second kappa shape index (κ2) is 9.69. The van der Waals surface area contributed by atoms with E-state index in [0.717, 1.165) is 29.5 Å². The number of fused-ring (bicyclic) bond motifs is 1. The highest BCUT2D eigenvalue weighted by Gasteiger charge is 2.24. The lowest BCUT2D eigenvalue weighted by atomic mass is 10.1. The number of hydrogen-bond acceptors (Lipinski definition) is 4. The van der Waals surface area contributed by atoms with Crippen LogP contribution < -0.4 is 4.74 Å². The summed E-state index contributed by atoms with van der Waals surface area (Å²) in [5.74, 6) is 0.969. The fraction of sp³-hybridized carbons (Fsp3) is 0.360. The van der Waals surface area contributed by atoms with Crippen LogP contribution >= 0.6 is 0 Å². The van der Waals surface area contributed by atoms with E-state index in [9.17, 15) is 9.59 Å². The molecule has 0 aliphatic carbocycles. The molecule has 31 heavy (non-hydrogen) atoms. The number of ether oxygens (including phenoxy) is 1. The maximum absolute atomic E-state index is 12.8. The van der Waals surface area contributed by atoms with Crippen LogP contribution in [0.15, 0.2) is 59.2 Å². The molecule has 0 radical (unpaired) electrons. The van der Waals surface area contributed by atoms with E-state index in [1.807, 2.05) is 46.2 Å². The average Bonchev–Trinajstić information content (AvgIpc) is 3.21. The number of furan rings is 1. The second-order valence-electron chi connectivity index (χ2n) is 7.90. The Labute approximate surface area is 182 Å². The number of benzene rings is 2. The first-order chi connectivity index (χ1) is 15.1. The maximum Gasteiger partial charge on any atom is 0.227 e. The number of carbonyl (C=O) groups is 2. The molecule has 0 spiro atoms. The molecule has 1 aromatic heterocycles. The molecular weight excluding hydrogens is 392 g/mol. The number of hydrogen-bond donors (Lipinski definition) is 0. The smallest absolute Gasteiger partial charge is 0.227 e. The van der Waals surface area contributed by atoms with Gasteiger partial charge in [-0.25, -0.2) is 0 Å². The zero-order valence-corrected chi connectivity index (χ0v) is 17.9. The van der Waals surface area contributed by atoms with E-state index in [-0.39, 0.29) is 11.8 Å². The lowest BCUT2D eigenvalue weighted by molar-refractivity contribution is -0.139. The number of amides is 2. The SMILES string of the molecule is COc1ccc2c(CC(=O)N3CCN(C(=O)CCCc4ccccc4)CC3)coc2c1. The van der Waals surface area contributed by atoms with Crippen LogP contribution in [0.2, 0.25) is 0 Å². The summed E-state index contributed by atoms with van der Waals surface area (Å²) in [7, 11) is 1.61. The van der Waals surface area contributed by atoms with E-state index in [2.05, 4.69) is 12.1 Å². The predicted molar refractivity (Wildman–Crippen MR) is 119 cm³/mol. The second-order valence-corrected chi connectivity index (χ2v) is 7.90. The third kappa shape index (κ3) is 5.08. The van der Waals surface area contributed by atoms with E-state index in [1.165, 1.54) is 5.56 Å². The van der Waals surface area contributed by atoms with Crippen LogP contribution in [0.25, 0.3) is 11.0 Å². The number of aryl methyl sites for hydroxylation is 1. The molecule has 1 aliphatic rings. The van der Waals surface area contributed by atoms with Gasteiger partial charge >= 0.3 is 0 Å². The highest BCUT2D eigenvalue weighted by atomic mass is 16.5. The minimum Gasteiger partial charge on any atom is -0.497 e. The Kier molecular flexibility index (Phi) is 6.55. The van der Waals surface area contributed by atoms with Crippen molar-refractivity contribution in [1.29, 1.82) is 0 Å². The van der Waals surface area contributed by atoms with E-state index in [0.29, 0.717) is 44.6 Å². The zero-order valence-electron chi connectivity index (χ0n) is 17.9. The molecule has 6 heteroatoms. The first-order valence-corrected chi connectivity index (χ1v) is 10.8. The van der Waals surface area contributed by atoms with Crippen molar-refractivity contribution in [3.63, 3.8) is 0 Å². The van der Waals surface area contributed by atoms with Gasteiger partial charge in [0.05, 0.1) is 19.8 Å². The predicted octanol–water partition coefficient (Wildman–Crippen LogP) is 3.68. The van der Waals surface area contributed by atoms with Gasteiger partial charge < -0.3 is 19.0 Å². The summed E-state index contributed by atoms with van der Waals surface area (Å²) in [6, 6.07) is 15.9. The molecule has 4 rings (SSSR count). The molecule has 3 aromatic rings. The summed E-state index contributed by atoms with van der Waals surface area (Å²) < 4.78 is 10.8. The molecule has 1 aliphatic heterocycles. The van der Waals surface area contributed by atoms with Crippen LogP contribution in [0.3, 0.4) is 0 Å². The topological polar surface area (TPSA) is 63.0 Å². The Balaban J connectivity index is 1.24. The van der Waals surface area contributed by atoms with Crippen molar-refractivity contribution in [1.82, 2.24) is 9.80 Å². The number of nitrogens with zero attached hydrogens (tertiary/aromatic N) is 2. The van der Waals surface area contributed by atoms with Crippen molar-refractivity contribution in [2.45, 2.75) is 25.7 Å². The molecular formula is C25H28N2O4. The highest BCUT2D eigenvalue weighted by Crippen LogP contribution is 2.26. The summed E-state index contributed by atoms with van der Waals surface area (Å²) in [5, 5.41) is 0.932. The van der Waals surface area contributed by atoms with E-state index < -0.39 is 0 Å². The summed E-state index contributed by atoms with van der Waals surface area (Å²) in [6.07, 6.45) is 4.25. The van der Waals surface area contributed by atoms with Gasteiger partial charge in [-0.15, -0.1) is 0 Å². The van der Waals surface area contributed by atoms with Gasteiger partial charge in [-0.1, -0.05) is 30.3 Å². The highest BCUT2D eigenvalue weighted by molar-refractivity contribution is 5.88. The Morgan fingerprint density at radius 3 is 2.39 bits per heavy atom. The number of rotatable bonds is 7. The molecule has 2 aromatic carbocycles. The summed E-state index contributed by atoms with van der Waals surface area (Å²) in [5.41, 5.74) is 2.85. The number of methoxy groups -OCH3 is 1. The molecule has 0 atom stereocenters. The molecule has 2 heterocycles. The van der Waals surface area contributed by atoms with Crippen LogP contribution in [-0.4, -0.2) is 54.9 Å². The first-order valence-electron chi connectivity index (χ1n) is 10.8. The van der Waals surface area contributed by atoms with Crippen LogP contribution in [-0.2, 0) is 22.4 Å². The lowest BCUT2D eigenvalue weighted by Crippen LogP contribution is -2.50. The van der Waals surface area contributed by atoms with Crippen LogP contribution in [0, 0.1) is 0 Å². The normalized spacial score (nSPS) is 14.1. The standard InChI is InChI=1S/C25H28N2O4/c1-30-21-10-11-22-20(18-31-23(22)17-21)16-25(29)27-14-12-26(13-15-27)24(28)9-5-8-19-6-3-2-4-7-19/h2-4,6-7,10-11,17-18H,5,8-9,12-16H2,1H3. The molecule has 6 nitrogen and oxygen atoms in total. The van der Waals surface area contributed by atoms with Gasteiger partial charge in [-0.3, -0.25) is 9.59 Å². The zero-order chi connectivity index (χ0) is 21.6. The summed E-state index contributed by atoms with van der Waals surface area (Å²) >= 11 is 0. The van der Waals surface area contributed by atoms with Gasteiger partial charge in [0.2, 0.25) is 11.8 Å². The van der Waals surface area contributed by atoms with Gasteiger partial charge in [0, 0.05) is 49.6 Å². The van der Waals surface area contributed by atoms with Gasteiger partial charge in [-0.05, 0) is 30.5 Å². The lowest BCUT2D eigenvalue weighted by Gasteiger charge is -2.35. The van der Waals surface area contributed by atoms with Crippen molar-refractivity contribution in [2.75, 3.05) is 33.3 Å². The molecule has 162 valence electrons. The largest absolute Gasteiger partial charge is 0.497 e. The molecule has 0 N–H and O–H groups in total. The average molecular weight is 421 g/mol. The monoisotopic (exact) mass is 420 g/mol. The molecule has 1 saturated heterocycles. The first kappa shape index (κ1) is 21.0. The van der Waals surface area contributed by atoms with Crippen molar-refractivity contribution in [3.05, 3.63) is 65.9 Å². The number of carbonyl (C=O) groups excluding carboxylic acids is 2. The molecule has 0 unspecified atom stereocenters. The summed E-state index contributed by atoms with van der Waals surface area (Å²) in [4.78, 5) is 29.0. The van der Waals surface area contributed by atoms with E-state index in [4.69, 9.17) is 9.15 Å². The Morgan fingerprint density at radius 1 is 0.968 bits per heavy atom. The van der Waals surface area contributed by atoms with Crippen LogP contribution in [0.5, 0.6) is 5.75 Å². The van der Waals surface area contributed by atoms with Crippen LogP contribution in [0.1, 0.15) is 24.0 Å². The Morgan fingerprint density at radius 2 is 1.68 bits per heavy atom. The summed E-state index contributed by atoms with van der Waals surface area (Å²) in [6.45, 7) is 2.35. The molecule has 2 amide bonds. The van der Waals surface area contributed by atoms with Crippen molar-refractivity contribution < 1.29 is 18.7 Å². The Bertz CT molecular complexity index is 1040. The minimum absolute atomic E-state index is 0.0645. The van der Waals surface area contributed by atoms with E-state index in [1.54, 1.807) is 13.4 Å².